The van der Waals surface area contributed by atoms with Gasteiger partial charge < -0.3 is 4.90 Å². The average molecular weight is 353 g/mol. The third-order valence-corrected chi connectivity index (χ3v) is 7.21. The maximum atomic E-state index is 12.1. The Kier molecular flexibility index (Phi) is 4.82. The number of hydrogen-bond donors (Lipinski definition) is 1. The monoisotopic (exact) mass is 352 g/mol. The first kappa shape index (κ1) is 14.5. The molecule has 1 atom stereocenters. The van der Waals surface area contributed by atoms with Crippen LogP contribution in [0.25, 0.3) is 0 Å². The maximum absolute atomic E-state index is 12.1. The molecule has 1 fully saturated rings. The molecule has 2 heterocycles. The van der Waals surface area contributed by atoms with Crippen molar-refractivity contribution in [1.29, 1.82) is 0 Å². The van der Waals surface area contributed by atoms with E-state index in [-0.39, 0.29) is 0 Å². The third kappa shape index (κ3) is 3.54. The minimum atomic E-state index is -3.36. The molecule has 0 aliphatic carbocycles. The van der Waals surface area contributed by atoms with Gasteiger partial charge in [0.15, 0.2) is 0 Å². The van der Waals surface area contributed by atoms with E-state index in [9.17, 15) is 8.42 Å². The minimum Gasteiger partial charge on any atom is -0.306 e. The molecular formula is C11H17BrN2O2S2. The summed E-state index contributed by atoms with van der Waals surface area (Å²) in [5.41, 5.74) is 0. The van der Waals surface area contributed by atoms with Gasteiger partial charge in [-0.25, -0.2) is 13.1 Å². The number of hydrogen-bond acceptors (Lipinski definition) is 4. The number of piperidine rings is 1. The number of likely N-dealkylation sites (tertiary alicyclic amines) is 1. The highest BCUT2D eigenvalue weighted by Gasteiger charge is 2.22. The standard InChI is InChI=1S/C11H17BrN2O2S2/c1-14-5-2-3-9(8-14)7-13-18(15,16)11-10(12)4-6-17-11/h4,6,9,13H,2-3,5,7-8H2,1H3. The Morgan fingerprint density at radius 3 is 3.00 bits per heavy atom. The fraction of sp³-hybridized carbons (Fsp3) is 0.636. The quantitative estimate of drug-likeness (QED) is 0.902. The lowest BCUT2D eigenvalue weighted by atomic mass is 9.99. The van der Waals surface area contributed by atoms with Crippen molar-refractivity contribution in [2.24, 2.45) is 5.92 Å². The van der Waals surface area contributed by atoms with Gasteiger partial charge in [-0.1, -0.05) is 0 Å². The first-order valence-electron chi connectivity index (χ1n) is 5.90. The third-order valence-electron chi connectivity index (χ3n) is 3.11. The summed E-state index contributed by atoms with van der Waals surface area (Å²) in [4.78, 5) is 2.25. The van der Waals surface area contributed by atoms with Crippen molar-refractivity contribution in [2.75, 3.05) is 26.7 Å². The Labute approximate surface area is 121 Å². The lowest BCUT2D eigenvalue weighted by molar-refractivity contribution is 0.211. The molecule has 1 aromatic rings. The van der Waals surface area contributed by atoms with E-state index in [0.29, 0.717) is 21.1 Å². The fourth-order valence-corrected chi connectivity index (χ4v) is 5.70. The van der Waals surface area contributed by atoms with Crippen LogP contribution in [0, 0.1) is 5.92 Å². The second kappa shape index (κ2) is 6.00. The highest BCUT2D eigenvalue weighted by atomic mass is 79.9. The molecule has 0 spiro atoms. The van der Waals surface area contributed by atoms with Crippen molar-refractivity contribution < 1.29 is 8.42 Å². The zero-order valence-electron chi connectivity index (χ0n) is 10.2. The Balaban J connectivity index is 1.95. The molecule has 0 bridgehead atoms. The summed E-state index contributed by atoms with van der Waals surface area (Å²) in [6, 6.07) is 1.76. The van der Waals surface area contributed by atoms with Gasteiger partial charge in [-0.2, -0.15) is 0 Å². The van der Waals surface area contributed by atoms with Crippen LogP contribution >= 0.6 is 27.3 Å². The van der Waals surface area contributed by atoms with Crippen LogP contribution in [0.2, 0.25) is 0 Å². The van der Waals surface area contributed by atoms with E-state index in [1.165, 1.54) is 11.3 Å². The average Bonchev–Trinajstić information content (AvgIpc) is 2.74. The number of rotatable bonds is 4. The summed E-state index contributed by atoms with van der Waals surface area (Å²) in [7, 11) is -1.28. The molecule has 0 aromatic carbocycles. The molecule has 2 rings (SSSR count). The zero-order chi connectivity index (χ0) is 13.2. The number of nitrogens with one attached hydrogen (secondary N) is 1. The van der Waals surface area contributed by atoms with E-state index in [4.69, 9.17) is 0 Å². The van der Waals surface area contributed by atoms with Crippen LogP contribution < -0.4 is 4.72 Å². The van der Waals surface area contributed by atoms with Gasteiger partial charge in [-0.3, -0.25) is 0 Å². The smallest absolute Gasteiger partial charge is 0.251 e. The van der Waals surface area contributed by atoms with Crippen LogP contribution in [-0.4, -0.2) is 40.0 Å². The summed E-state index contributed by atoms with van der Waals surface area (Å²) in [5, 5.41) is 1.77. The van der Waals surface area contributed by atoms with Crippen molar-refractivity contribution in [3.63, 3.8) is 0 Å². The summed E-state index contributed by atoms with van der Waals surface area (Å²) < 4.78 is 27.9. The van der Waals surface area contributed by atoms with Crippen molar-refractivity contribution in [2.45, 2.75) is 17.1 Å². The van der Waals surface area contributed by atoms with Crippen molar-refractivity contribution in [1.82, 2.24) is 9.62 Å². The highest BCUT2D eigenvalue weighted by molar-refractivity contribution is 9.10. The summed E-state index contributed by atoms with van der Waals surface area (Å²) in [6.45, 7) is 2.60. The van der Waals surface area contributed by atoms with Gasteiger partial charge in [-0.15, -0.1) is 11.3 Å². The summed E-state index contributed by atoms with van der Waals surface area (Å²) in [5.74, 6) is 0.414. The zero-order valence-corrected chi connectivity index (χ0v) is 13.4. The van der Waals surface area contributed by atoms with Crippen molar-refractivity contribution in [3.8, 4) is 0 Å². The maximum Gasteiger partial charge on any atom is 0.251 e. The summed E-state index contributed by atoms with van der Waals surface area (Å²) in [6.07, 6.45) is 2.24. The van der Waals surface area contributed by atoms with Gasteiger partial charge in [0.25, 0.3) is 10.0 Å². The largest absolute Gasteiger partial charge is 0.306 e. The van der Waals surface area contributed by atoms with Crippen LogP contribution in [0.1, 0.15) is 12.8 Å². The second-order valence-electron chi connectivity index (χ2n) is 4.68. The van der Waals surface area contributed by atoms with Gasteiger partial charge in [-0.05, 0) is 59.7 Å². The van der Waals surface area contributed by atoms with Gasteiger partial charge in [0.05, 0.1) is 0 Å². The molecule has 4 nitrogen and oxygen atoms in total. The minimum absolute atomic E-state index is 0.367. The Morgan fingerprint density at radius 1 is 1.61 bits per heavy atom. The molecule has 18 heavy (non-hydrogen) atoms. The van der Waals surface area contributed by atoms with Gasteiger partial charge >= 0.3 is 0 Å². The second-order valence-corrected chi connectivity index (χ2v) is 8.41. The number of halogens is 1. The molecule has 102 valence electrons. The molecule has 1 N–H and O–H groups in total. The van der Waals surface area contributed by atoms with E-state index in [1.807, 2.05) is 0 Å². The SMILES string of the molecule is CN1CCCC(CNS(=O)(=O)c2sccc2Br)C1. The number of sulfonamides is 1. The molecule has 0 radical (unpaired) electrons. The Hall–Kier alpha value is 0.0500. The van der Waals surface area contributed by atoms with E-state index in [2.05, 4.69) is 32.6 Å². The fourth-order valence-electron chi connectivity index (χ4n) is 2.20. The first-order valence-corrected chi connectivity index (χ1v) is 9.06. The lowest BCUT2D eigenvalue weighted by Gasteiger charge is -2.29. The van der Waals surface area contributed by atoms with E-state index in [0.717, 1.165) is 25.9 Å². The lowest BCUT2D eigenvalue weighted by Crippen LogP contribution is -2.38. The molecule has 7 heteroatoms. The predicted octanol–water partition coefficient (Wildman–Crippen LogP) is 2.13. The van der Waals surface area contributed by atoms with E-state index >= 15 is 0 Å². The number of thiophene rings is 1. The molecule has 0 amide bonds. The topological polar surface area (TPSA) is 49.4 Å². The van der Waals surface area contributed by atoms with Crippen LogP contribution in [0.4, 0.5) is 0 Å². The van der Waals surface area contributed by atoms with Crippen molar-refractivity contribution >= 4 is 37.3 Å². The van der Waals surface area contributed by atoms with Crippen molar-refractivity contribution in [3.05, 3.63) is 15.9 Å². The normalized spacial score (nSPS) is 22.2. The molecule has 0 saturated carbocycles. The van der Waals surface area contributed by atoms with Crippen LogP contribution in [-0.2, 0) is 10.0 Å². The Bertz CT molecular complexity index is 501. The first-order chi connectivity index (χ1) is 8.49. The molecule has 1 aliphatic rings. The molecular weight excluding hydrogens is 336 g/mol. The van der Waals surface area contributed by atoms with Gasteiger partial charge in [0.1, 0.15) is 4.21 Å². The van der Waals surface area contributed by atoms with Gasteiger partial charge in [0.2, 0.25) is 0 Å². The number of nitrogens with zero attached hydrogens (tertiary/aromatic N) is 1. The molecule has 1 aliphatic heterocycles. The Morgan fingerprint density at radius 2 is 2.39 bits per heavy atom. The predicted molar refractivity (Wildman–Crippen MR) is 77.4 cm³/mol. The van der Waals surface area contributed by atoms with E-state index < -0.39 is 10.0 Å². The molecule has 1 aromatic heterocycles. The molecule has 1 saturated heterocycles. The van der Waals surface area contributed by atoms with Crippen LogP contribution in [0.15, 0.2) is 20.1 Å². The molecule has 1 unspecified atom stereocenters. The summed E-state index contributed by atoms with van der Waals surface area (Å²) >= 11 is 4.50. The van der Waals surface area contributed by atoms with E-state index in [1.54, 1.807) is 11.4 Å². The van der Waals surface area contributed by atoms with Crippen LogP contribution in [0.5, 0.6) is 0 Å². The highest BCUT2D eigenvalue weighted by Crippen LogP contribution is 2.27. The van der Waals surface area contributed by atoms with Crippen LogP contribution in [0.3, 0.4) is 0 Å². The van der Waals surface area contributed by atoms with Gasteiger partial charge in [0, 0.05) is 17.6 Å².